The third-order valence-corrected chi connectivity index (χ3v) is 1.85. The summed E-state index contributed by atoms with van der Waals surface area (Å²) in [6.45, 7) is 0. The van der Waals surface area contributed by atoms with Crippen LogP contribution in [0.5, 0.6) is 0 Å². The molecule has 1 heterocycles. The number of alkyl halides is 3. The number of halogens is 3. The van der Waals surface area contributed by atoms with Crippen molar-refractivity contribution in [1.29, 1.82) is 0 Å². The summed E-state index contributed by atoms with van der Waals surface area (Å²) in [6, 6.07) is 5.83. The Morgan fingerprint density at radius 3 is 2.43 bits per heavy atom. The number of aromatic nitrogens is 2. The van der Waals surface area contributed by atoms with Gasteiger partial charge < -0.3 is 0 Å². The number of hydrogen-bond donors (Lipinski definition) is 1. The fourth-order valence-electron chi connectivity index (χ4n) is 1.24. The number of benzene rings is 1. The average Bonchev–Trinajstić information content (AvgIpc) is 2.44. The topological polar surface area (TPSA) is 37.8 Å². The van der Waals surface area contributed by atoms with Gasteiger partial charge in [-0.05, 0) is 12.1 Å². The summed E-state index contributed by atoms with van der Waals surface area (Å²) in [5.41, 5.74) is -0.900. The number of nitrogens with one attached hydrogen (secondary N) is 1. The molecule has 2 aromatic rings. The molecule has 0 aliphatic heterocycles. The summed E-state index contributed by atoms with van der Waals surface area (Å²) in [6.07, 6.45) is -4.70. The Bertz CT molecular complexity index is 523. The fraction of sp³-hybridized carbons (Fsp3) is 0.125. The Hall–Kier alpha value is -1.72. The van der Waals surface area contributed by atoms with E-state index >= 15 is 0 Å². The lowest BCUT2D eigenvalue weighted by molar-refractivity contribution is -0.213. The van der Waals surface area contributed by atoms with Crippen LogP contribution in [0.1, 0.15) is 0 Å². The Morgan fingerprint density at radius 2 is 1.86 bits per heavy atom. The highest BCUT2D eigenvalue weighted by Gasteiger charge is 2.33. The van der Waals surface area contributed by atoms with Gasteiger partial charge in [0.2, 0.25) is 0 Å². The second-order valence-electron chi connectivity index (χ2n) is 2.77. The molecule has 0 spiro atoms. The third kappa shape index (κ3) is 1.19. The predicted molar refractivity (Wildman–Crippen MR) is 43.9 cm³/mol. The molecule has 0 atom stereocenters. The predicted octanol–water partition coefficient (Wildman–Crippen LogP) is 1.81. The van der Waals surface area contributed by atoms with Gasteiger partial charge in [0.25, 0.3) is 5.56 Å². The molecule has 0 saturated heterocycles. The molecular formula is C8H5F3N2O. The van der Waals surface area contributed by atoms with Gasteiger partial charge in [-0.3, -0.25) is 9.89 Å². The average molecular weight is 202 g/mol. The highest BCUT2D eigenvalue weighted by atomic mass is 19.4. The maximum atomic E-state index is 12.2. The minimum Gasteiger partial charge on any atom is -0.288 e. The SMILES string of the molecule is O=c1c2ccccc2[nH]n1C(F)(F)F. The van der Waals surface area contributed by atoms with Crippen molar-refractivity contribution in [3.63, 3.8) is 0 Å². The maximum Gasteiger partial charge on any atom is 0.505 e. The number of H-pyrrole nitrogens is 1. The number of rotatable bonds is 0. The highest BCUT2D eigenvalue weighted by molar-refractivity contribution is 5.77. The molecule has 14 heavy (non-hydrogen) atoms. The minimum atomic E-state index is -4.70. The summed E-state index contributed by atoms with van der Waals surface area (Å²) in [4.78, 5) is 11.2. The van der Waals surface area contributed by atoms with Gasteiger partial charge in [0.15, 0.2) is 0 Å². The molecule has 0 aliphatic rings. The molecule has 74 valence electrons. The first kappa shape index (κ1) is 8.86. The number of aromatic amines is 1. The standard InChI is InChI=1S/C8H5F3N2O/c9-8(10,11)13-7(14)5-3-1-2-4-6(5)12-13/h1-4,12H. The normalized spacial score (nSPS) is 12.2. The van der Waals surface area contributed by atoms with E-state index in [1.165, 1.54) is 18.2 Å². The van der Waals surface area contributed by atoms with Gasteiger partial charge in [0.1, 0.15) is 0 Å². The molecule has 0 bridgehead atoms. The molecule has 0 radical (unpaired) electrons. The Kier molecular flexibility index (Phi) is 1.67. The van der Waals surface area contributed by atoms with Gasteiger partial charge in [-0.1, -0.05) is 12.1 Å². The highest BCUT2D eigenvalue weighted by Crippen LogP contribution is 2.20. The Balaban J connectivity index is 2.82. The lowest BCUT2D eigenvalue weighted by Gasteiger charge is -2.03. The van der Waals surface area contributed by atoms with Gasteiger partial charge in [-0.2, -0.15) is 4.68 Å². The van der Waals surface area contributed by atoms with E-state index in [0.29, 0.717) is 0 Å². The number of nitrogens with zero attached hydrogens (tertiary/aromatic N) is 1. The van der Waals surface area contributed by atoms with E-state index in [1.54, 1.807) is 6.07 Å². The summed E-state index contributed by atoms with van der Waals surface area (Å²) in [7, 11) is 0. The first-order valence-corrected chi connectivity index (χ1v) is 3.77. The molecule has 6 heteroatoms. The molecule has 0 fully saturated rings. The van der Waals surface area contributed by atoms with Gasteiger partial charge in [-0.15, -0.1) is 13.2 Å². The van der Waals surface area contributed by atoms with Crippen molar-refractivity contribution in [2.45, 2.75) is 6.30 Å². The van der Waals surface area contributed by atoms with Crippen LogP contribution in [-0.2, 0) is 6.30 Å². The molecule has 1 N–H and O–H groups in total. The van der Waals surface area contributed by atoms with E-state index in [0.717, 1.165) is 0 Å². The molecule has 0 amide bonds. The molecule has 1 aromatic heterocycles. The minimum absolute atomic E-state index is 0.0322. The second kappa shape index (κ2) is 2.63. The lowest BCUT2D eigenvalue weighted by atomic mass is 10.3. The van der Waals surface area contributed by atoms with Crippen LogP contribution < -0.4 is 5.56 Å². The molecule has 0 saturated carbocycles. The summed E-state index contributed by atoms with van der Waals surface area (Å²) >= 11 is 0. The molecule has 1 aromatic carbocycles. The fourth-order valence-corrected chi connectivity index (χ4v) is 1.24. The molecule has 0 aliphatic carbocycles. The van der Waals surface area contributed by atoms with E-state index in [9.17, 15) is 18.0 Å². The van der Waals surface area contributed by atoms with Gasteiger partial charge in [0.05, 0.1) is 10.9 Å². The maximum absolute atomic E-state index is 12.2. The van der Waals surface area contributed by atoms with E-state index < -0.39 is 11.9 Å². The van der Waals surface area contributed by atoms with Crippen molar-refractivity contribution in [3.8, 4) is 0 Å². The molecule has 3 nitrogen and oxygen atoms in total. The van der Waals surface area contributed by atoms with Crippen molar-refractivity contribution in [2.24, 2.45) is 0 Å². The van der Waals surface area contributed by atoms with Crippen LogP contribution >= 0.6 is 0 Å². The number of hydrogen-bond acceptors (Lipinski definition) is 1. The zero-order valence-electron chi connectivity index (χ0n) is 6.80. The van der Waals surface area contributed by atoms with Gasteiger partial charge in [0, 0.05) is 0 Å². The zero-order chi connectivity index (χ0) is 10.3. The second-order valence-corrected chi connectivity index (χ2v) is 2.77. The largest absolute Gasteiger partial charge is 0.505 e. The first-order chi connectivity index (χ1) is 6.50. The van der Waals surface area contributed by atoms with Crippen LogP contribution in [0.25, 0.3) is 10.9 Å². The smallest absolute Gasteiger partial charge is 0.288 e. The van der Waals surface area contributed by atoms with Crippen LogP contribution in [0.15, 0.2) is 29.1 Å². The zero-order valence-corrected chi connectivity index (χ0v) is 6.80. The van der Waals surface area contributed by atoms with E-state index in [2.05, 4.69) is 0 Å². The van der Waals surface area contributed by atoms with Crippen molar-refractivity contribution in [3.05, 3.63) is 34.6 Å². The molecule has 0 unspecified atom stereocenters. The van der Waals surface area contributed by atoms with Crippen molar-refractivity contribution >= 4 is 10.9 Å². The Labute approximate surface area is 75.7 Å². The summed E-state index contributed by atoms with van der Waals surface area (Å²) < 4.78 is 36.3. The van der Waals surface area contributed by atoms with Crippen molar-refractivity contribution in [1.82, 2.24) is 9.78 Å². The van der Waals surface area contributed by atoms with Crippen molar-refractivity contribution in [2.75, 3.05) is 0 Å². The van der Waals surface area contributed by atoms with Gasteiger partial charge in [-0.25, -0.2) is 0 Å². The lowest BCUT2D eigenvalue weighted by Crippen LogP contribution is -2.28. The molecule has 2 rings (SSSR count). The van der Waals surface area contributed by atoms with Gasteiger partial charge >= 0.3 is 6.30 Å². The first-order valence-electron chi connectivity index (χ1n) is 3.77. The van der Waals surface area contributed by atoms with Crippen LogP contribution in [0.4, 0.5) is 13.2 Å². The van der Waals surface area contributed by atoms with E-state index in [4.69, 9.17) is 0 Å². The number of fused-ring (bicyclic) bond motifs is 1. The van der Waals surface area contributed by atoms with Crippen molar-refractivity contribution < 1.29 is 13.2 Å². The number of para-hydroxylation sites is 1. The van der Waals surface area contributed by atoms with Crippen LogP contribution in [-0.4, -0.2) is 9.78 Å². The third-order valence-electron chi connectivity index (χ3n) is 1.85. The van der Waals surface area contributed by atoms with Crippen LogP contribution in [0, 0.1) is 0 Å². The van der Waals surface area contributed by atoms with E-state index in [-0.39, 0.29) is 15.6 Å². The van der Waals surface area contributed by atoms with Crippen LogP contribution in [0.3, 0.4) is 0 Å². The van der Waals surface area contributed by atoms with E-state index in [1.807, 2.05) is 5.10 Å². The van der Waals surface area contributed by atoms with Crippen LogP contribution in [0.2, 0.25) is 0 Å². The summed E-state index contributed by atoms with van der Waals surface area (Å²) in [5, 5.41) is 2.02. The summed E-state index contributed by atoms with van der Waals surface area (Å²) in [5.74, 6) is 0. The molecular weight excluding hydrogens is 197 g/mol. The monoisotopic (exact) mass is 202 g/mol. The quantitative estimate of drug-likeness (QED) is 0.695. The Morgan fingerprint density at radius 1 is 1.21 bits per heavy atom.